The molecule has 5 nitrogen and oxygen atoms in total. The summed E-state index contributed by atoms with van der Waals surface area (Å²) in [5.41, 5.74) is 2.92. The van der Waals surface area contributed by atoms with Crippen molar-refractivity contribution in [1.82, 2.24) is 10.3 Å². The summed E-state index contributed by atoms with van der Waals surface area (Å²) in [5.74, 6) is 1.62. The highest BCUT2D eigenvalue weighted by Gasteiger charge is 2.19. The second kappa shape index (κ2) is 4.15. The number of hydrogen-bond acceptors (Lipinski definition) is 5. The lowest BCUT2D eigenvalue weighted by Crippen LogP contribution is -2.32. The monoisotopic (exact) mass is 195 g/mol. The van der Waals surface area contributed by atoms with Gasteiger partial charge < -0.3 is 14.1 Å². The second-order valence-corrected chi connectivity index (χ2v) is 2.99. The standard InChI is InChI=1S/C9H13N3O2/c1-13-6-4-12-7-10-11-9(12)8-3-2-5-14-8/h2-3,5,10H,4,6-7H2,1H3. The quantitative estimate of drug-likeness (QED) is 0.757. The van der Waals surface area contributed by atoms with E-state index in [2.05, 4.69) is 15.4 Å². The van der Waals surface area contributed by atoms with Gasteiger partial charge in [0.25, 0.3) is 0 Å². The van der Waals surface area contributed by atoms with Crippen LogP contribution in [-0.4, -0.2) is 37.7 Å². The van der Waals surface area contributed by atoms with Crippen molar-refractivity contribution >= 4 is 5.84 Å². The molecule has 0 atom stereocenters. The molecule has 0 bridgehead atoms. The van der Waals surface area contributed by atoms with E-state index in [4.69, 9.17) is 9.15 Å². The maximum Gasteiger partial charge on any atom is 0.193 e. The minimum absolute atomic E-state index is 0.682. The third kappa shape index (κ3) is 1.72. The van der Waals surface area contributed by atoms with Crippen LogP contribution in [0, 0.1) is 0 Å². The number of nitrogens with zero attached hydrogens (tertiary/aromatic N) is 2. The highest BCUT2D eigenvalue weighted by molar-refractivity contribution is 5.96. The van der Waals surface area contributed by atoms with Gasteiger partial charge >= 0.3 is 0 Å². The van der Waals surface area contributed by atoms with E-state index in [1.54, 1.807) is 13.4 Å². The summed E-state index contributed by atoms with van der Waals surface area (Å²) in [5, 5.41) is 4.16. The SMILES string of the molecule is COCCN1CNN=C1c1ccco1. The molecular formula is C9H13N3O2. The molecule has 14 heavy (non-hydrogen) atoms. The fourth-order valence-electron chi connectivity index (χ4n) is 1.34. The summed E-state index contributed by atoms with van der Waals surface area (Å²) in [6, 6.07) is 3.75. The van der Waals surface area contributed by atoms with E-state index in [0.717, 1.165) is 18.1 Å². The minimum Gasteiger partial charge on any atom is -0.461 e. The molecule has 0 saturated heterocycles. The van der Waals surface area contributed by atoms with Crippen LogP contribution in [0.4, 0.5) is 0 Å². The van der Waals surface area contributed by atoms with Gasteiger partial charge in [0.1, 0.15) is 6.67 Å². The van der Waals surface area contributed by atoms with Crippen molar-refractivity contribution < 1.29 is 9.15 Å². The van der Waals surface area contributed by atoms with Crippen molar-refractivity contribution in [3.63, 3.8) is 0 Å². The number of hydrazone groups is 1. The largest absolute Gasteiger partial charge is 0.461 e. The molecule has 1 aromatic rings. The molecule has 2 rings (SSSR count). The molecule has 1 aliphatic heterocycles. The van der Waals surface area contributed by atoms with Crippen LogP contribution >= 0.6 is 0 Å². The highest BCUT2D eigenvalue weighted by atomic mass is 16.5. The molecule has 0 saturated carbocycles. The molecule has 0 unspecified atom stereocenters. The van der Waals surface area contributed by atoms with Crippen molar-refractivity contribution in [3.8, 4) is 0 Å². The van der Waals surface area contributed by atoms with Gasteiger partial charge in [0.15, 0.2) is 11.6 Å². The van der Waals surface area contributed by atoms with Gasteiger partial charge in [-0.25, -0.2) is 0 Å². The molecule has 76 valence electrons. The van der Waals surface area contributed by atoms with Gasteiger partial charge in [0.2, 0.25) is 0 Å². The molecular weight excluding hydrogens is 182 g/mol. The first-order valence-electron chi connectivity index (χ1n) is 4.50. The molecule has 0 fully saturated rings. The lowest BCUT2D eigenvalue weighted by atomic mass is 10.4. The lowest BCUT2D eigenvalue weighted by molar-refractivity contribution is 0.177. The lowest BCUT2D eigenvalue weighted by Gasteiger charge is -2.16. The van der Waals surface area contributed by atoms with E-state index in [0.29, 0.717) is 13.3 Å². The molecule has 0 aliphatic carbocycles. The highest BCUT2D eigenvalue weighted by Crippen LogP contribution is 2.09. The zero-order valence-electron chi connectivity index (χ0n) is 8.06. The average molecular weight is 195 g/mol. The van der Waals surface area contributed by atoms with Crippen LogP contribution < -0.4 is 5.43 Å². The Labute approximate surface area is 82.3 Å². The summed E-state index contributed by atoms with van der Waals surface area (Å²) in [4.78, 5) is 2.07. The Bertz CT molecular complexity index is 308. The molecule has 2 heterocycles. The van der Waals surface area contributed by atoms with Gasteiger partial charge in [-0.15, -0.1) is 0 Å². The fraction of sp³-hybridized carbons (Fsp3) is 0.444. The van der Waals surface area contributed by atoms with Crippen LogP contribution in [0.2, 0.25) is 0 Å². The predicted octanol–water partition coefficient (Wildman–Crippen LogP) is 0.450. The number of nitrogens with one attached hydrogen (secondary N) is 1. The summed E-state index contributed by atoms with van der Waals surface area (Å²) in [6.07, 6.45) is 1.64. The van der Waals surface area contributed by atoms with Crippen LogP contribution in [0.15, 0.2) is 27.9 Å². The van der Waals surface area contributed by atoms with Crippen LogP contribution in [0.1, 0.15) is 5.76 Å². The third-order valence-electron chi connectivity index (χ3n) is 2.05. The molecule has 0 aromatic carbocycles. The summed E-state index contributed by atoms with van der Waals surface area (Å²) >= 11 is 0. The van der Waals surface area contributed by atoms with Gasteiger partial charge in [-0.05, 0) is 12.1 Å². The first-order chi connectivity index (χ1) is 6.92. The van der Waals surface area contributed by atoms with E-state index in [-0.39, 0.29) is 0 Å². The van der Waals surface area contributed by atoms with Crippen molar-refractivity contribution in [2.24, 2.45) is 5.10 Å². The maximum absolute atomic E-state index is 5.27. The molecule has 1 aliphatic rings. The summed E-state index contributed by atoms with van der Waals surface area (Å²) in [7, 11) is 1.69. The van der Waals surface area contributed by atoms with E-state index in [9.17, 15) is 0 Å². The van der Waals surface area contributed by atoms with E-state index < -0.39 is 0 Å². The number of rotatable bonds is 4. The Balaban J connectivity index is 2.03. The van der Waals surface area contributed by atoms with Gasteiger partial charge in [-0.1, -0.05) is 0 Å². The van der Waals surface area contributed by atoms with Gasteiger partial charge in [-0.3, -0.25) is 5.43 Å². The zero-order valence-corrected chi connectivity index (χ0v) is 8.06. The normalized spacial score (nSPS) is 15.5. The van der Waals surface area contributed by atoms with Crippen LogP contribution in [0.3, 0.4) is 0 Å². The zero-order chi connectivity index (χ0) is 9.80. The van der Waals surface area contributed by atoms with Crippen molar-refractivity contribution in [1.29, 1.82) is 0 Å². The van der Waals surface area contributed by atoms with Crippen molar-refractivity contribution in [3.05, 3.63) is 24.2 Å². The first kappa shape index (κ1) is 9.08. The third-order valence-corrected chi connectivity index (χ3v) is 2.05. The Morgan fingerprint density at radius 2 is 2.64 bits per heavy atom. The smallest absolute Gasteiger partial charge is 0.193 e. The van der Waals surface area contributed by atoms with Crippen molar-refractivity contribution in [2.75, 3.05) is 26.9 Å². The van der Waals surface area contributed by atoms with E-state index in [1.165, 1.54) is 0 Å². The predicted molar refractivity (Wildman–Crippen MR) is 51.8 cm³/mol. The molecule has 0 spiro atoms. The Morgan fingerprint density at radius 1 is 1.71 bits per heavy atom. The Hall–Kier alpha value is -1.49. The van der Waals surface area contributed by atoms with Gasteiger partial charge in [-0.2, -0.15) is 5.10 Å². The van der Waals surface area contributed by atoms with Crippen LogP contribution in [0.5, 0.6) is 0 Å². The number of methoxy groups -OCH3 is 1. The Morgan fingerprint density at radius 3 is 3.36 bits per heavy atom. The van der Waals surface area contributed by atoms with Gasteiger partial charge in [0.05, 0.1) is 12.9 Å². The fourth-order valence-corrected chi connectivity index (χ4v) is 1.34. The molecule has 1 N–H and O–H groups in total. The number of amidine groups is 1. The van der Waals surface area contributed by atoms with Crippen LogP contribution in [0.25, 0.3) is 0 Å². The number of ether oxygens (including phenoxy) is 1. The molecule has 0 radical (unpaired) electrons. The van der Waals surface area contributed by atoms with Gasteiger partial charge in [0, 0.05) is 13.7 Å². The van der Waals surface area contributed by atoms with Crippen LogP contribution in [-0.2, 0) is 4.74 Å². The Kier molecular flexibility index (Phi) is 2.69. The maximum atomic E-state index is 5.27. The summed E-state index contributed by atoms with van der Waals surface area (Å²) in [6.45, 7) is 2.20. The van der Waals surface area contributed by atoms with Crippen molar-refractivity contribution in [2.45, 2.75) is 0 Å². The number of hydrogen-bond donors (Lipinski definition) is 1. The first-order valence-corrected chi connectivity index (χ1v) is 4.50. The molecule has 1 aromatic heterocycles. The topological polar surface area (TPSA) is 50.0 Å². The average Bonchev–Trinajstić information content (AvgIpc) is 2.84. The van der Waals surface area contributed by atoms with E-state index in [1.807, 2.05) is 12.1 Å². The summed E-state index contributed by atoms with van der Waals surface area (Å²) < 4.78 is 10.3. The van der Waals surface area contributed by atoms with E-state index >= 15 is 0 Å². The molecule has 5 heteroatoms. The number of furan rings is 1. The molecule has 0 amide bonds. The minimum atomic E-state index is 0.682. The second-order valence-electron chi connectivity index (χ2n) is 2.99.